The van der Waals surface area contributed by atoms with Gasteiger partial charge >= 0.3 is 23.1 Å². The van der Waals surface area contributed by atoms with E-state index in [1.165, 1.54) is 5.56 Å². The van der Waals surface area contributed by atoms with E-state index >= 15 is 0 Å². The predicted octanol–water partition coefficient (Wildman–Crippen LogP) is 2.68. The number of benzene rings is 1. The third-order valence-electron chi connectivity index (χ3n) is 1.36. The number of hydrogen-bond acceptors (Lipinski definition) is 0. The Morgan fingerprint density at radius 2 is 1.91 bits per heavy atom. The summed E-state index contributed by atoms with van der Waals surface area (Å²) in [5, 5.41) is 0. The van der Waals surface area contributed by atoms with Crippen molar-refractivity contribution in [2.24, 2.45) is 0 Å². The third kappa shape index (κ3) is 4.43. The molecule has 1 heteroatoms. The molecule has 0 aliphatic rings. The van der Waals surface area contributed by atoms with Gasteiger partial charge in [0, 0.05) is 0 Å². The second-order valence-corrected chi connectivity index (χ2v) is 2.47. The molecule has 0 saturated heterocycles. The smallest absolute Gasteiger partial charge is 0.358 e. The molecule has 0 aliphatic carbocycles. The fourth-order valence-electron chi connectivity index (χ4n) is 0.766. The third-order valence-corrected chi connectivity index (χ3v) is 1.36. The molecule has 56 valence electrons. The summed E-state index contributed by atoms with van der Waals surface area (Å²) in [6.45, 7) is 4.34. The van der Waals surface area contributed by atoms with Crippen LogP contribution >= 0.6 is 0 Å². The first-order valence-electron chi connectivity index (χ1n) is 3.27. The topological polar surface area (TPSA) is 0 Å². The van der Waals surface area contributed by atoms with Crippen molar-refractivity contribution in [1.82, 2.24) is 0 Å². The molecule has 11 heavy (non-hydrogen) atoms. The van der Waals surface area contributed by atoms with Crippen molar-refractivity contribution in [3.05, 3.63) is 43.3 Å². The van der Waals surface area contributed by atoms with Crippen molar-refractivity contribution in [1.29, 1.82) is 0 Å². The van der Waals surface area contributed by atoms with E-state index in [0.29, 0.717) is 5.92 Å². The maximum Gasteiger partial charge on any atom is 2.00 e. The fraction of sp³-hybridized carbons (Fsp3) is 0.300. The molecule has 0 spiro atoms. The standard InChI is InChI=1S/C9H11.CH3.Mg/c1-8(2)9-6-4-3-5-7-9;;/h3-6,8H,1-2H3;1H3;/q2*-1;+2. The molecule has 0 saturated carbocycles. The fourth-order valence-corrected chi connectivity index (χ4v) is 0.766. The largest absolute Gasteiger partial charge is 2.00 e. The van der Waals surface area contributed by atoms with Crippen LogP contribution < -0.4 is 0 Å². The summed E-state index contributed by atoms with van der Waals surface area (Å²) >= 11 is 0. The normalized spacial score (nSPS) is 8.27. The van der Waals surface area contributed by atoms with Crippen LogP contribution in [0.25, 0.3) is 0 Å². The van der Waals surface area contributed by atoms with Crippen molar-refractivity contribution in [2.75, 3.05) is 0 Å². The van der Waals surface area contributed by atoms with Crippen LogP contribution in [-0.4, -0.2) is 23.1 Å². The Morgan fingerprint density at radius 1 is 1.27 bits per heavy atom. The van der Waals surface area contributed by atoms with Crippen molar-refractivity contribution >= 4 is 23.1 Å². The zero-order valence-corrected chi connectivity index (χ0v) is 9.01. The Balaban J connectivity index is 0. The molecule has 1 rings (SSSR count). The summed E-state index contributed by atoms with van der Waals surface area (Å²) in [7, 11) is 0. The molecule has 0 amide bonds. The van der Waals surface area contributed by atoms with Gasteiger partial charge in [0.05, 0.1) is 0 Å². The summed E-state index contributed by atoms with van der Waals surface area (Å²) in [4.78, 5) is 0. The molecule has 0 nitrogen and oxygen atoms in total. The second-order valence-electron chi connectivity index (χ2n) is 2.47. The van der Waals surface area contributed by atoms with E-state index in [9.17, 15) is 0 Å². The van der Waals surface area contributed by atoms with E-state index in [0.717, 1.165) is 0 Å². The van der Waals surface area contributed by atoms with Crippen LogP contribution in [0.5, 0.6) is 0 Å². The first-order valence-corrected chi connectivity index (χ1v) is 3.27. The maximum atomic E-state index is 3.17. The molecule has 0 fully saturated rings. The van der Waals surface area contributed by atoms with Gasteiger partial charge in [0.15, 0.2) is 0 Å². The van der Waals surface area contributed by atoms with E-state index in [1.54, 1.807) is 0 Å². The van der Waals surface area contributed by atoms with Crippen LogP contribution in [-0.2, 0) is 0 Å². The zero-order chi connectivity index (χ0) is 6.69. The Hall–Kier alpha value is -0.0138. The molecule has 0 aliphatic heterocycles. The van der Waals surface area contributed by atoms with E-state index in [2.05, 4.69) is 26.0 Å². The van der Waals surface area contributed by atoms with Gasteiger partial charge in [0.25, 0.3) is 0 Å². The number of hydrogen-bond donors (Lipinski definition) is 0. The van der Waals surface area contributed by atoms with Crippen LogP contribution in [0.2, 0.25) is 0 Å². The van der Waals surface area contributed by atoms with E-state index in [-0.39, 0.29) is 30.5 Å². The van der Waals surface area contributed by atoms with Gasteiger partial charge in [-0.2, -0.15) is 35.9 Å². The van der Waals surface area contributed by atoms with Crippen LogP contribution in [0.4, 0.5) is 0 Å². The minimum absolute atomic E-state index is 0. The van der Waals surface area contributed by atoms with Gasteiger partial charge in [-0.05, 0) is 5.92 Å². The average Bonchev–Trinajstić information content (AvgIpc) is 1.90. The van der Waals surface area contributed by atoms with Gasteiger partial charge < -0.3 is 7.43 Å². The molecule has 0 atom stereocenters. The molecule has 0 aromatic heterocycles. The van der Waals surface area contributed by atoms with Crippen molar-refractivity contribution in [3.8, 4) is 0 Å². The van der Waals surface area contributed by atoms with E-state index < -0.39 is 0 Å². The Bertz CT molecular complexity index is 167. The van der Waals surface area contributed by atoms with Crippen LogP contribution in [0.15, 0.2) is 24.3 Å². The minimum atomic E-state index is 0. The molecule has 0 unspecified atom stereocenters. The second kappa shape index (κ2) is 6.68. The van der Waals surface area contributed by atoms with Gasteiger partial charge in [-0.3, -0.25) is 0 Å². The van der Waals surface area contributed by atoms with Crippen LogP contribution in [0, 0.1) is 13.5 Å². The van der Waals surface area contributed by atoms with Gasteiger partial charge in [0.2, 0.25) is 0 Å². The Kier molecular flexibility index (Phi) is 8.24. The average molecular weight is 159 g/mol. The minimum Gasteiger partial charge on any atom is -0.358 e. The van der Waals surface area contributed by atoms with Crippen LogP contribution in [0.3, 0.4) is 0 Å². The van der Waals surface area contributed by atoms with Crippen molar-refractivity contribution < 1.29 is 0 Å². The molecule has 0 heterocycles. The summed E-state index contributed by atoms with van der Waals surface area (Å²) < 4.78 is 0. The predicted molar refractivity (Wildman–Crippen MR) is 51.5 cm³/mol. The van der Waals surface area contributed by atoms with Crippen LogP contribution in [0.1, 0.15) is 25.3 Å². The summed E-state index contributed by atoms with van der Waals surface area (Å²) in [5.74, 6) is 0.603. The first kappa shape index (κ1) is 13.6. The van der Waals surface area contributed by atoms with E-state index in [4.69, 9.17) is 0 Å². The zero-order valence-electron chi connectivity index (χ0n) is 7.59. The Morgan fingerprint density at radius 3 is 2.18 bits per heavy atom. The summed E-state index contributed by atoms with van der Waals surface area (Å²) in [6, 6.07) is 11.3. The molecular formula is C10H14Mg. The van der Waals surface area contributed by atoms with E-state index in [1.807, 2.05) is 18.2 Å². The monoisotopic (exact) mass is 158 g/mol. The number of rotatable bonds is 1. The SMILES string of the molecule is CC(C)c1[c-]cccc1.[CH3-].[Mg+2]. The van der Waals surface area contributed by atoms with Gasteiger partial charge in [0.1, 0.15) is 0 Å². The first-order chi connectivity index (χ1) is 4.30. The molecule has 1 aromatic rings. The van der Waals surface area contributed by atoms with Crippen molar-refractivity contribution in [3.63, 3.8) is 0 Å². The summed E-state index contributed by atoms with van der Waals surface area (Å²) in [6.07, 6.45) is 0. The molecule has 1 aromatic carbocycles. The molecule has 0 radical (unpaired) electrons. The van der Waals surface area contributed by atoms with Gasteiger partial charge in [-0.1, -0.05) is 13.8 Å². The molecular weight excluding hydrogens is 144 g/mol. The maximum absolute atomic E-state index is 3.17. The molecule has 0 bridgehead atoms. The molecule has 0 N–H and O–H groups in total. The Labute approximate surface area is 86.2 Å². The quantitative estimate of drug-likeness (QED) is 0.436. The van der Waals surface area contributed by atoms with Gasteiger partial charge in [-0.25, -0.2) is 0 Å². The van der Waals surface area contributed by atoms with Gasteiger partial charge in [-0.15, -0.1) is 0 Å². The summed E-state index contributed by atoms with van der Waals surface area (Å²) in [5.41, 5.74) is 1.29. The van der Waals surface area contributed by atoms with Crippen molar-refractivity contribution in [2.45, 2.75) is 19.8 Å².